The Balaban J connectivity index is 1.14. The molecule has 1 spiro atoms. The molecule has 68 heavy (non-hydrogen) atoms. The largest absolute Gasteiger partial charge is 0.458 e. The third kappa shape index (κ3) is 5.99. The van der Waals surface area contributed by atoms with Gasteiger partial charge in [-0.2, -0.15) is 0 Å². The molecule has 0 saturated heterocycles. The van der Waals surface area contributed by atoms with Gasteiger partial charge in [-0.3, -0.25) is 0 Å². The van der Waals surface area contributed by atoms with E-state index in [2.05, 4.69) is 252 Å². The van der Waals surface area contributed by atoms with E-state index in [1.54, 1.807) is 0 Å². The van der Waals surface area contributed by atoms with Gasteiger partial charge in [0.15, 0.2) is 8.07 Å². The molecular formula is C62H51BN2OSSi. The monoisotopic (exact) mass is 910 g/mol. The van der Waals surface area contributed by atoms with Crippen molar-refractivity contribution in [3.8, 4) is 22.6 Å². The van der Waals surface area contributed by atoms with E-state index in [1.807, 2.05) is 11.8 Å². The van der Waals surface area contributed by atoms with Crippen molar-refractivity contribution in [3.63, 3.8) is 0 Å². The summed E-state index contributed by atoms with van der Waals surface area (Å²) in [5, 5.41) is 5.43. The first kappa shape index (κ1) is 41.2. The Morgan fingerprint density at radius 2 is 1.00 bits per heavy atom. The lowest BCUT2D eigenvalue weighted by Gasteiger charge is -2.48. The molecule has 6 heteroatoms. The van der Waals surface area contributed by atoms with Crippen molar-refractivity contribution < 1.29 is 4.74 Å². The summed E-state index contributed by atoms with van der Waals surface area (Å²) in [4.78, 5) is 7.80. The Morgan fingerprint density at radius 3 is 1.63 bits per heavy atom. The Labute approximate surface area is 406 Å². The number of para-hydroxylation sites is 2. The number of fused-ring (bicyclic) bond motifs is 13. The lowest BCUT2D eigenvalue weighted by Crippen LogP contribution is -2.78. The summed E-state index contributed by atoms with van der Waals surface area (Å²) in [7, 11) is -2.98. The highest BCUT2D eigenvalue weighted by atomic mass is 32.2. The van der Waals surface area contributed by atoms with Crippen LogP contribution in [0.4, 0.5) is 34.1 Å². The average Bonchev–Trinajstić information content (AvgIpc) is 3.36. The zero-order chi connectivity index (χ0) is 46.1. The maximum Gasteiger partial charge on any atom is 0.252 e. The molecule has 9 aromatic rings. The van der Waals surface area contributed by atoms with E-state index >= 15 is 0 Å². The maximum absolute atomic E-state index is 6.85. The first-order valence-electron chi connectivity index (χ1n) is 24.0. The number of nitrogens with zero attached hydrogens (tertiary/aromatic N) is 2. The van der Waals surface area contributed by atoms with Crippen LogP contribution in [-0.4, -0.2) is 14.8 Å². The second kappa shape index (κ2) is 15.0. The van der Waals surface area contributed by atoms with E-state index in [4.69, 9.17) is 4.74 Å². The van der Waals surface area contributed by atoms with Crippen LogP contribution in [-0.2, 0) is 10.8 Å². The summed E-state index contributed by atoms with van der Waals surface area (Å²) in [6.45, 7) is 13.7. The number of rotatable bonds is 3. The van der Waals surface area contributed by atoms with E-state index in [0.717, 1.165) is 22.9 Å². The van der Waals surface area contributed by atoms with Crippen LogP contribution in [0.5, 0.6) is 11.5 Å². The molecule has 3 nitrogen and oxygen atoms in total. The van der Waals surface area contributed by atoms with Gasteiger partial charge in [-0.05, 0) is 131 Å². The van der Waals surface area contributed by atoms with Crippen molar-refractivity contribution >= 4 is 97.8 Å². The van der Waals surface area contributed by atoms with Crippen LogP contribution in [0, 0.1) is 0 Å². The fourth-order valence-electron chi connectivity index (χ4n) is 11.7. The highest BCUT2D eigenvalue weighted by Crippen LogP contribution is 2.50. The number of hydrogen-bond donors (Lipinski definition) is 0. The molecule has 0 radical (unpaired) electrons. The second-order valence-electron chi connectivity index (χ2n) is 20.9. The zero-order valence-electron chi connectivity index (χ0n) is 39.3. The minimum absolute atomic E-state index is 0.0130. The van der Waals surface area contributed by atoms with E-state index in [-0.39, 0.29) is 17.5 Å². The molecule has 0 amide bonds. The number of benzene rings is 9. The molecular weight excluding hydrogens is 860 g/mol. The van der Waals surface area contributed by atoms with Gasteiger partial charge in [0.2, 0.25) is 0 Å². The predicted octanol–water partition coefficient (Wildman–Crippen LogP) is 12.0. The Morgan fingerprint density at radius 1 is 0.441 bits per heavy atom. The first-order chi connectivity index (χ1) is 33.0. The maximum atomic E-state index is 6.85. The molecule has 4 heterocycles. The highest BCUT2D eigenvalue weighted by Gasteiger charge is 2.54. The van der Waals surface area contributed by atoms with E-state index < -0.39 is 8.07 Å². The molecule has 0 saturated carbocycles. The van der Waals surface area contributed by atoms with Crippen LogP contribution in [0.2, 0.25) is 0 Å². The van der Waals surface area contributed by atoms with Gasteiger partial charge in [0.05, 0.1) is 5.69 Å². The summed E-state index contributed by atoms with van der Waals surface area (Å²) < 4.78 is 6.85. The lowest BCUT2D eigenvalue weighted by molar-refractivity contribution is 0.487. The van der Waals surface area contributed by atoms with Crippen molar-refractivity contribution in [2.45, 2.75) is 62.2 Å². The summed E-state index contributed by atoms with van der Waals surface area (Å²) in [5.41, 5.74) is 16.3. The topological polar surface area (TPSA) is 15.7 Å². The number of hydrogen-bond acceptors (Lipinski definition) is 4. The van der Waals surface area contributed by atoms with Gasteiger partial charge in [0.25, 0.3) is 6.71 Å². The standard InChI is InChI=1S/C62H51BN2OSSi/c1-61(2,3)42-28-32-44(33-29-42)64-48-37-27-41(40-17-8-7-9-18-40)39-47(48)63-46-36-38-57-60(59(46)65(50-20-16-19-49(64)58(50)63)45-34-30-43(31-35-45)62(4,5)6)67-53-23-12-15-26-56(53)68(57)54-24-13-10-21-51(54)66-52-22-11-14-25-55(52)68/h7-39H,1-6H3. The fourth-order valence-corrected chi connectivity index (χ4v) is 19.0. The minimum Gasteiger partial charge on any atom is -0.458 e. The Hall–Kier alpha value is -6.99. The molecule has 0 unspecified atom stereocenters. The van der Waals surface area contributed by atoms with E-state index in [0.29, 0.717) is 0 Å². The molecule has 0 N–H and O–H groups in total. The third-order valence-electron chi connectivity index (χ3n) is 14.9. The Kier molecular flexibility index (Phi) is 9.10. The van der Waals surface area contributed by atoms with Gasteiger partial charge in [-0.25, -0.2) is 0 Å². The van der Waals surface area contributed by atoms with Gasteiger partial charge >= 0.3 is 0 Å². The van der Waals surface area contributed by atoms with Crippen molar-refractivity contribution in [2.75, 3.05) is 9.80 Å². The normalized spacial score (nSPS) is 14.7. The summed E-state index contributed by atoms with van der Waals surface area (Å²) in [6.07, 6.45) is 0. The third-order valence-corrected chi connectivity index (χ3v) is 21.4. The quantitative estimate of drug-likeness (QED) is 0.164. The first-order valence-corrected chi connectivity index (χ1v) is 26.8. The molecule has 0 fully saturated rings. The molecule has 0 aliphatic carbocycles. The molecule has 0 bridgehead atoms. The summed E-state index contributed by atoms with van der Waals surface area (Å²) in [6, 6.07) is 75.8. The van der Waals surface area contributed by atoms with Crippen LogP contribution in [0.1, 0.15) is 52.7 Å². The van der Waals surface area contributed by atoms with Gasteiger partial charge in [-0.1, -0.05) is 193 Å². The minimum atomic E-state index is -2.98. The van der Waals surface area contributed by atoms with Crippen molar-refractivity contribution in [3.05, 3.63) is 211 Å². The SMILES string of the molecule is CC(C)(C)c1ccc(N2c3ccc(-c4ccccc4)cc3B3c4ccc5c(c4N(c4ccc(C(C)(C)C)cc4)c4cccc2c43)Sc2ccccc2[Si]52c3ccccc3Oc3ccccc32)cc1. The molecule has 0 aromatic heterocycles. The fraction of sp³-hybridized carbons (Fsp3) is 0.129. The molecule has 13 rings (SSSR count). The predicted molar refractivity (Wildman–Crippen MR) is 291 cm³/mol. The van der Waals surface area contributed by atoms with Crippen LogP contribution in [0.15, 0.2) is 210 Å². The van der Waals surface area contributed by atoms with Gasteiger partial charge in [-0.15, -0.1) is 0 Å². The Bertz CT molecular complexity index is 3440. The molecule has 9 aromatic carbocycles. The highest BCUT2D eigenvalue weighted by molar-refractivity contribution is 8.00. The summed E-state index contributed by atoms with van der Waals surface area (Å²) in [5.74, 6) is 1.91. The van der Waals surface area contributed by atoms with Gasteiger partial charge in [0, 0.05) is 38.2 Å². The van der Waals surface area contributed by atoms with Crippen molar-refractivity contribution in [1.82, 2.24) is 0 Å². The summed E-state index contributed by atoms with van der Waals surface area (Å²) >= 11 is 1.95. The molecule has 0 atom stereocenters. The molecule has 328 valence electrons. The number of anilines is 6. The van der Waals surface area contributed by atoms with Gasteiger partial charge < -0.3 is 14.5 Å². The van der Waals surface area contributed by atoms with E-state index in [1.165, 1.54) is 91.9 Å². The van der Waals surface area contributed by atoms with Crippen LogP contribution in [0.25, 0.3) is 11.1 Å². The molecule has 4 aliphatic heterocycles. The number of ether oxygens (including phenoxy) is 1. The zero-order valence-corrected chi connectivity index (χ0v) is 41.2. The van der Waals surface area contributed by atoms with Crippen LogP contribution in [0.3, 0.4) is 0 Å². The van der Waals surface area contributed by atoms with Gasteiger partial charge in [0.1, 0.15) is 11.5 Å². The van der Waals surface area contributed by atoms with Crippen molar-refractivity contribution in [1.29, 1.82) is 0 Å². The molecule has 4 aliphatic rings. The second-order valence-corrected chi connectivity index (χ2v) is 25.6. The average molecular weight is 911 g/mol. The van der Waals surface area contributed by atoms with Crippen LogP contribution >= 0.6 is 11.8 Å². The van der Waals surface area contributed by atoms with Crippen molar-refractivity contribution in [2.24, 2.45) is 0 Å². The smallest absolute Gasteiger partial charge is 0.252 e. The van der Waals surface area contributed by atoms with E-state index in [9.17, 15) is 0 Å². The van der Waals surface area contributed by atoms with Crippen LogP contribution < -0.4 is 51.7 Å². The lowest BCUT2D eigenvalue weighted by atomic mass is 9.33.